The van der Waals surface area contributed by atoms with Gasteiger partial charge in [-0.1, -0.05) is 0 Å². The monoisotopic (exact) mass is 301 g/mol. The third-order valence-corrected chi connectivity index (χ3v) is 2.82. The summed E-state index contributed by atoms with van der Waals surface area (Å²) in [7, 11) is 0. The second kappa shape index (κ2) is 4.66. The van der Waals surface area contributed by atoms with Gasteiger partial charge in [0.15, 0.2) is 11.6 Å². The average Bonchev–Trinajstić information content (AvgIpc) is 2.89. The lowest BCUT2D eigenvalue weighted by molar-refractivity contribution is 1.09. The molecule has 3 aromatic rings. The average molecular weight is 302 g/mol. The lowest BCUT2D eigenvalue weighted by Crippen LogP contribution is -1.83. The minimum atomic E-state index is 0.614. The van der Waals surface area contributed by atoms with E-state index in [0.29, 0.717) is 11.6 Å². The summed E-state index contributed by atoms with van der Waals surface area (Å²) in [5.41, 5.74) is 1.76. The second-order valence-corrected chi connectivity index (χ2v) is 4.56. The van der Waals surface area contributed by atoms with Gasteiger partial charge in [0, 0.05) is 40.4 Å². The van der Waals surface area contributed by atoms with E-state index in [0.717, 1.165) is 15.6 Å². The number of nitrogens with one attached hydrogen (secondary N) is 1. The van der Waals surface area contributed by atoms with Crippen molar-refractivity contribution in [3.05, 3.63) is 47.5 Å². The Morgan fingerprint density at radius 3 is 2.72 bits per heavy atom. The number of aromatic nitrogens is 5. The summed E-state index contributed by atoms with van der Waals surface area (Å²) in [6.45, 7) is 0. The largest absolute Gasteiger partial charge is 0.264 e. The Kier molecular flexibility index (Phi) is 2.85. The van der Waals surface area contributed by atoms with Crippen molar-refractivity contribution < 1.29 is 0 Å². The molecular formula is C12H8BrN5. The van der Waals surface area contributed by atoms with Gasteiger partial charge in [-0.3, -0.25) is 15.1 Å². The lowest BCUT2D eigenvalue weighted by Gasteiger charge is -1.94. The predicted molar refractivity (Wildman–Crippen MR) is 70.5 cm³/mol. The van der Waals surface area contributed by atoms with Crippen molar-refractivity contribution in [1.82, 2.24) is 25.1 Å². The molecule has 3 heterocycles. The molecule has 0 saturated heterocycles. The van der Waals surface area contributed by atoms with E-state index in [4.69, 9.17) is 0 Å². The molecule has 0 unspecified atom stereocenters. The molecule has 0 amide bonds. The first kappa shape index (κ1) is 11.0. The Morgan fingerprint density at radius 1 is 1.06 bits per heavy atom. The SMILES string of the molecule is Brc1cncc(-c2n[nH]c(-c3cccnc3)n2)c1. The van der Waals surface area contributed by atoms with Crippen molar-refractivity contribution in [2.24, 2.45) is 0 Å². The number of halogens is 1. The van der Waals surface area contributed by atoms with Crippen LogP contribution >= 0.6 is 15.9 Å². The third kappa shape index (κ3) is 2.14. The topological polar surface area (TPSA) is 67.3 Å². The van der Waals surface area contributed by atoms with Gasteiger partial charge in [-0.15, -0.1) is 0 Å². The molecule has 0 saturated carbocycles. The van der Waals surface area contributed by atoms with Gasteiger partial charge in [-0.2, -0.15) is 5.10 Å². The number of nitrogens with zero attached hydrogens (tertiary/aromatic N) is 4. The first-order valence-corrected chi connectivity index (χ1v) is 6.06. The predicted octanol–water partition coefficient (Wildman–Crippen LogP) is 2.69. The highest BCUT2D eigenvalue weighted by molar-refractivity contribution is 9.10. The molecule has 1 N–H and O–H groups in total. The summed E-state index contributed by atoms with van der Waals surface area (Å²) in [5, 5.41) is 7.08. The Balaban J connectivity index is 2.00. The molecule has 0 fully saturated rings. The van der Waals surface area contributed by atoms with Crippen molar-refractivity contribution in [3.8, 4) is 22.8 Å². The van der Waals surface area contributed by atoms with Gasteiger partial charge >= 0.3 is 0 Å². The van der Waals surface area contributed by atoms with Crippen molar-refractivity contribution in [2.75, 3.05) is 0 Å². The molecule has 0 bridgehead atoms. The zero-order chi connectivity index (χ0) is 12.4. The minimum Gasteiger partial charge on any atom is -0.264 e. The van der Waals surface area contributed by atoms with E-state index in [-0.39, 0.29) is 0 Å². The van der Waals surface area contributed by atoms with Crippen molar-refractivity contribution in [2.45, 2.75) is 0 Å². The van der Waals surface area contributed by atoms with Crippen molar-refractivity contribution in [1.29, 1.82) is 0 Å². The Labute approximate surface area is 111 Å². The van der Waals surface area contributed by atoms with Gasteiger partial charge in [0.25, 0.3) is 0 Å². The van der Waals surface area contributed by atoms with Crippen LogP contribution in [0.2, 0.25) is 0 Å². The zero-order valence-electron chi connectivity index (χ0n) is 9.21. The fourth-order valence-corrected chi connectivity index (χ4v) is 1.92. The molecule has 5 nitrogen and oxygen atoms in total. The number of hydrogen-bond donors (Lipinski definition) is 1. The van der Waals surface area contributed by atoms with Crippen LogP contribution in [0.15, 0.2) is 47.5 Å². The van der Waals surface area contributed by atoms with E-state index in [1.807, 2.05) is 18.2 Å². The molecular weight excluding hydrogens is 294 g/mol. The molecule has 6 heteroatoms. The highest BCUT2D eigenvalue weighted by Crippen LogP contribution is 2.20. The molecule has 0 atom stereocenters. The third-order valence-electron chi connectivity index (χ3n) is 2.38. The first-order chi connectivity index (χ1) is 8.83. The summed E-state index contributed by atoms with van der Waals surface area (Å²) >= 11 is 3.37. The molecule has 88 valence electrons. The van der Waals surface area contributed by atoms with Gasteiger partial charge in [0.05, 0.1) is 0 Å². The number of H-pyrrole nitrogens is 1. The number of aromatic amines is 1. The van der Waals surface area contributed by atoms with Gasteiger partial charge in [0.1, 0.15) is 0 Å². The van der Waals surface area contributed by atoms with Crippen LogP contribution in [0.3, 0.4) is 0 Å². The summed E-state index contributed by atoms with van der Waals surface area (Å²) in [5.74, 6) is 1.31. The second-order valence-electron chi connectivity index (χ2n) is 3.64. The first-order valence-electron chi connectivity index (χ1n) is 5.26. The quantitative estimate of drug-likeness (QED) is 0.790. The highest BCUT2D eigenvalue weighted by atomic mass is 79.9. The number of rotatable bonds is 2. The molecule has 18 heavy (non-hydrogen) atoms. The van der Waals surface area contributed by atoms with Crippen LogP contribution in [0.25, 0.3) is 22.8 Å². The molecule has 0 aromatic carbocycles. The van der Waals surface area contributed by atoms with Crippen LogP contribution in [0.1, 0.15) is 0 Å². The van der Waals surface area contributed by atoms with E-state index in [2.05, 4.69) is 41.1 Å². The van der Waals surface area contributed by atoms with Crippen LogP contribution in [0.5, 0.6) is 0 Å². The van der Waals surface area contributed by atoms with Crippen LogP contribution in [-0.4, -0.2) is 25.1 Å². The molecule has 0 aliphatic carbocycles. The highest BCUT2D eigenvalue weighted by Gasteiger charge is 2.08. The standard InChI is InChI=1S/C12H8BrN5/c13-10-4-9(6-15-7-10)12-16-11(17-18-12)8-2-1-3-14-5-8/h1-7H,(H,16,17,18). The lowest BCUT2D eigenvalue weighted by atomic mass is 10.2. The van der Waals surface area contributed by atoms with Gasteiger partial charge in [-0.25, -0.2) is 4.98 Å². The molecule has 3 aromatic heterocycles. The maximum absolute atomic E-state index is 4.42. The number of pyridine rings is 2. The Morgan fingerprint density at radius 2 is 1.94 bits per heavy atom. The van der Waals surface area contributed by atoms with Crippen LogP contribution in [-0.2, 0) is 0 Å². The van der Waals surface area contributed by atoms with E-state index in [1.54, 1.807) is 24.8 Å². The Bertz CT molecular complexity index is 665. The summed E-state index contributed by atoms with van der Waals surface area (Å²) < 4.78 is 0.896. The minimum absolute atomic E-state index is 0.614. The van der Waals surface area contributed by atoms with Crippen molar-refractivity contribution >= 4 is 15.9 Å². The fourth-order valence-electron chi connectivity index (χ4n) is 1.56. The zero-order valence-corrected chi connectivity index (χ0v) is 10.8. The fraction of sp³-hybridized carbons (Fsp3) is 0. The van der Waals surface area contributed by atoms with E-state index in [1.165, 1.54) is 0 Å². The van der Waals surface area contributed by atoms with E-state index >= 15 is 0 Å². The molecule has 0 radical (unpaired) electrons. The Hall–Kier alpha value is -2.08. The number of hydrogen-bond acceptors (Lipinski definition) is 4. The molecule has 0 aliphatic heterocycles. The summed E-state index contributed by atoms with van der Waals surface area (Å²) in [6, 6.07) is 5.71. The summed E-state index contributed by atoms with van der Waals surface area (Å²) in [6.07, 6.45) is 6.90. The van der Waals surface area contributed by atoms with E-state index < -0.39 is 0 Å². The van der Waals surface area contributed by atoms with Crippen LogP contribution in [0.4, 0.5) is 0 Å². The smallest absolute Gasteiger partial charge is 0.183 e. The van der Waals surface area contributed by atoms with Crippen molar-refractivity contribution in [3.63, 3.8) is 0 Å². The van der Waals surface area contributed by atoms with Gasteiger partial charge < -0.3 is 0 Å². The van der Waals surface area contributed by atoms with Crippen LogP contribution in [0, 0.1) is 0 Å². The maximum Gasteiger partial charge on any atom is 0.183 e. The molecule has 0 aliphatic rings. The van der Waals surface area contributed by atoms with Gasteiger partial charge in [0.2, 0.25) is 0 Å². The van der Waals surface area contributed by atoms with Gasteiger partial charge in [-0.05, 0) is 34.1 Å². The maximum atomic E-state index is 4.42. The molecule has 3 rings (SSSR count). The normalized spacial score (nSPS) is 10.5. The molecule has 0 spiro atoms. The van der Waals surface area contributed by atoms with E-state index in [9.17, 15) is 0 Å². The van der Waals surface area contributed by atoms with Crippen LogP contribution < -0.4 is 0 Å². The summed E-state index contributed by atoms with van der Waals surface area (Å²) in [4.78, 5) is 12.6.